The van der Waals surface area contributed by atoms with Crippen LogP contribution in [-0.4, -0.2) is 16.8 Å². The zero-order valence-corrected chi connectivity index (χ0v) is 7.10. The first kappa shape index (κ1) is 9.18. The van der Waals surface area contributed by atoms with Crippen LogP contribution < -0.4 is 5.73 Å². The Kier molecular flexibility index (Phi) is 2.97. The molecule has 0 saturated carbocycles. The number of amidine groups is 1. The van der Waals surface area contributed by atoms with Gasteiger partial charge in [0.15, 0.2) is 5.84 Å². The van der Waals surface area contributed by atoms with Crippen LogP contribution >= 0.6 is 0 Å². The summed E-state index contributed by atoms with van der Waals surface area (Å²) in [6, 6.07) is 3.34. The highest BCUT2D eigenvalue weighted by Gasteiger charge is 1.98. The Morgan fingerprint density at radius 2 is 2.15 bits per heavy atom. The molecule has 1 aromatic heterocycles. The minimum atomic E-state index is -0.503. The summed E-state index contributed by atoms with van der Waals surface area (Å²) >= 11 is 0. The van der Waals surface area contributed by atoms with Crippen LogP contribution in [0.3, 0.4) is 0 Å². The third-order valence-corrected chi connectivity index (χ3v) is 1.25. The van der Waals surface area contributed by atoms with Gasteiger partial charge in [0.2, 0.25) is 0 Å². The van der Waals surface area contributed by atoms with Crippen LogP contribution in [0.4, 0.5) is 0 Å². The fraction of sp³-hybridized carbons (Fsp3) is 0.125. The van der Waals surface area contributed by atoms with E-state index in [1.165, 1.54) is 6.92 Å². The maximum atomic E-state index is 10.4. The number of oxime groups is 1. The van der Waals surface area contributed by atoms with Crippen LogP contribution in [0.2, 0.25) is 0 Å². The van der Waals surface area contributed by atoms with Gasteiger partial charge < -0.3 is 10.6 Å². The van der Waals surface area contributed by atoms with Crippen molar-refractivity contribution in [2.45, 2.75) is 6.92 Å². The summed E-state index contributed by atoms with van der Waals surface area (Å²) in [4.78, 5) is 18.5. The van der Waals surface area contributed by atoms with Gasteiger partial charge in [0.05, 0.1) is 0 Å². The van der Waals surface area contributed by atoms with Crippen LogP contribution in [0, 0.1) is 0 Å². The van der Waals surface area contributed by atoms with Crippen molar-refractivity contribution < 1.29 is 9.63 Å². The molecule has 0 spiro atoms. The molecule has 0 saturated heterocycles. The molecule has 5 heteroatoms. The maximum Gasteiger partial charge on any atom is 0.332 e. The third kappa shape index (κ3) is 2.90. The number of hydrogen-bond donors (Lipinski definition) is 1. The molecule has 1 aromatic rings. The summed E-state index contributed by atoms with van der Waals surface area (Å²) in [5, 5.41) is 3.41. The average molecular weight is 179 g/mol. The van der Waals surface area contributed by atoms with E-state index in [1.807, 2.05) is 0 Å². The van der Waals surface area contributed by atoms with E-state index in [0.717, 1.165) is 0 Å². The smallest absolute Gasteiger partial charge is 0.332 e. The predicted molar refractivity (Wildman–Crippen MR) is 46.7 cm³/mol. The van der Waals surface area contributed by atoms with Gasteiger partial charge in [-0.15, -0.1) is 0 Å². The number of aromatic nitrogens is 1. The van der Waals surface area contributed by atoms with Gasteiger partial charge in [0.1, 0.15) is 0 Å². The molecule has 0 atom stereocenters. The zero-order valence-electron chi connectivity index (χ0n) is 7.10. The number of nitrogens with two attached hydrogens (primary N) is 1. The van der Waals surface area contributed by atoms with Gasteiger partial charge in [-0.2, -0.15) is 0 Å². The second-order valence-electron chi connectivity index (χ2n) is 2.30. The van der Waals surface area contributed by atoms with Gasteiger partial charge in [-0.25, -0.2) is 4.79 Å². The van der Waals surface area contributed by atoms with E-state index in [4.69, 9.17) is 5.73 Å². The molecular formula is C8H9N3O2. The quantitative estimate of drug-likeness (QED) is 0.306. The summed E-state index contributed by atoms with van der Waals surface area (Å²) < 4.78 is 0. The summed E-state index contributed by atoms with van der Waals surface area (Å²) in [5.74, 6) is -0.352. The van der Waals surface area contributed by atoms with Crippen molar-refractivity contribution in [2.24, 2.45) is 10.9 Å². The molecule has 0 bridgehead atoms. The highest BCUT2D eigenvalue weighted by Crippen LogP contribution is 1.95. The van der Waals surface area contributed by atoms with E-state index >= 15 is 0 Å². The zero-order chi connectivity index (χ0) is 9.68. The van der Waals surface area contributed by atoms with Gasteiger partial charge in [0.25, 0.3) is 0 Å². The molecular weight excluding hydrogens is 170 g/mol. The number of nitrogens with zero attached hydrogens (tertiary/aromatic N) is 2. The molecule has 0 aliphatic carbocycles. The molecule has 68 valence electrons. The van der Waals surface area contributed by atoms with Gasteiger partial charge in [-0.3, -0.25) is 4.98 Å². The number of hydrogen-bond acceptors (Lipinski definition) is 4. The summed E-state index contributed by atoms with van der Waals surface area (Å²) in [6.45, 7) is 1.25. The normalized spacial score (nSPS) is 11.0. The third-order valence-electron chi connectivity index (χ3n) is 1.25. The first-order valence-corrected chi connectivity index (χ1v) is 3.61. The van der Waals surface area contributed by atoms with Crippen LogP contribution in [0.25, 0.3) is 0 Å². The number of carbonyl (C=O) groups is 1. The van der Waals surface area contributed by atoms with E-state index in [-0.39, 0.29) is 5.84 Å². The number of pyridine rings is 1. The number of carbonyl (C=O) groups excluding carboxylic acids is 1. The first-order valence-electron chi connectivity index (χ1n) is 3.61. The summed E-state index contributed by atoms with van der Waals surface area (Å²) in [6.07, 6.45) is 3.15. The molecule has 0 amide bonds. The average Bonchev–Trinajstić information content (AvgIpc) is 2.15. The standard InChI is InChI=1S/C8H9N3O2/c1-6(12)13-11-8(9)7-2-4-10-5-3-7/h2-5H,1H3,(H2,9,11). The van der Waals surface area contributed by atoms with Crippen molar-refractivity contribution in [3.05, 3.63) is 30.1 Å². The van der Waals surface area contributed by atoms with Crippen LogP contribution in [-0.2, 0) is 9.63 Å². The molecule has 0 fully saturated rings. The molecule has 0 unspecified atom stereocenters. The van der Waals surface area contributed by atoms with E-state index in [1.54, 1.807) is 24.5 Å². The second kappa shape index (κ2) is 4.20. The van der Waals surface area contributed by atoms with Crippen molar-refractivity contribution in [2.75, 3.05) is 0 Å². The van der Waals surface area contributed by atoms with Crippen molar-refractivity contribution in [1.29, 1.82) is 0 Å². The minimum absolute atomic E-state index is 0.151. The lowest BCUT2D eigenvalue weighted by Gasteiger charge is -1.97. The van der Waals surface area contributed by atoms with Gasteiger partial charge in [-0.05, 0) is 12.1 Å². The predicted octanol–water partition coefficient (Wildman–Crippen LogP) is 0.265. The highest BCUT2D eigenvalue weighted by molar-refractivity contribution is 5.97. The van der Waals surface area contributed by atoms with Crippen molar-refractivity contribution >= 4 is 11.8 Å². The monoisotopic (exact) mass is 179 g/mol. The fourth-order valence-electron chi connectivity index (χ4n) is 0.689. The Labute approximate surface area is 75.2 Å². The first-order chi connectivity index (χ1) is 6.20. The van der Waals surface area contributed by atoms with Crippen LogP contribution in [0.5, 0.6) is 0 Å². The van der Waals surface area contributed by atoms with E-state index < -0.39 is 5.97 Å². The van der Waals surface area contributed by atoms with Gasteiger partial charge in [0, 0.05) is 24.9 Å². The number of rotatable bonds is 2. The molecule has 1 heterocycles. The van der Waals surface area contributed by atoms with Crippen molar-refractivity contribution in [1.82, 2.24) is 4.98 Å². The van der Waals surface area contributed by atoms with Gasteiger partial charge in [-0.1, -0.05) is 5.16 Å². The molecule has 2 N–H and O–H groups in total. The summed E-state index contributed by atoms with van der Waals surface area (Å²) in [7, 11) is 0. The van der Waals surface area contributed by atoms with E-state index in [0.29, 0.717) is 5.56 Å². The Balaban J connectivity index is 2.73. The van der Waals surface area contributed by atoms with Crippen LogP contribution in [0.15, 0.2) is 29.7 Å². The minimum Gasteiger partial charge on any atom is -0.380 e. The maximum absolute atomic E-state index is 10.4. The largest absolute Gasteiger partial charge is 0.380 e. The van der Waals surface area contributed by atoms with E-state index in [9.17, 15) is 4.79 Å². The fourth-order valence-corrected chi connectivity index (χ4v) is 0.689. The molecule has 0 aliphatic rings. The Bertz CT molecular complexity index is 321. The second-order valence-corrected chi connectivity index (χ2v) is 2.30. The molecule has 0 aromatic carbocycles. The highest BCUT2D eigenvalue weighted by atomic mass is 16.7. The molecule has 1 rings (SSSR count). The lowest BCUT2D eigenvalue weighted by Crippen LogP contribution is -2.14. The van der Waals surface area contributed by atoms with Gasteiger partial charge >= 0.3 is 5.97 Å². The SMILES string of the molecule is CC(=O)O/N=C(\N)c1ccncc1. The molecule has 5 nitrogen and oxygen atoms in total. The summed E-state index contributed by atoms with van der Waals surface area (Å²) in [5.41, 5.74) is 6.15. The Morgan fingerprint density at radius 1 is 1.54 bits per heavy atom. The Hall–Kier alpha value is -1.91. The Morgan fingerprint density at radius 3 is 2.69 bits per heavy atom. The van der Waals surface area contributed by atoms with Crippen LogP contribution in [0.1, 0.15) is 12.5 Å². The van der Waals surface area contributed by atoms with E-state index in [2.05, 4.69) is 15.0 Å². The van der Waals surface area contributed by atoms with Crippen molar-refractivity contribution in [3.8, 4) is 0 Å². The lowest BCUT2D eigenvalue weighted by molar-refractivity contribution is -0.140. The van der Waals surface area contributed by atoms with Crippen molar-refractivity contribution in [3.63, 3.8) is 0 Å². The topological polar surface area (TPSA) is 77.6 Å². The molecule has 13 heavy (non-hydrogen) atoms. The molecule has 0 radical (unpaired) electrons. The molecule has 0 aliphatic heterocycles. The lowest BCUT2D eigenvalue weighted by atomic mass is 10.2.